The van der Waals surface area contributed by atoms with E-state index in [9.17, 15) is 9.90 Å². The van der Waals surface area contributed by atoms with Crippen LogP contribution in [-0.4, -0.2) is 29.9 Å². The lowest BCUT2D eigenvalue weighted by Crippen LogP contribution is -1.97. The number of rotatable bonds is 5. The number of phenols is 1. The van der Waals surface area contributed by atoms with E-state index < -0.39 is 5.97 Å². The third kappa shape index (κ3) is 4.46. The first-order valence-corrected chi connectivity index (χ1v) is 9.90. The fourth-order valence-electron chi connectivity index (χ4n) is 3.72. The molecule has 0 aliphatic carbocycles. The smallest absolute Gasteiger partial charge is 0.328 e. The zero-order valence-corrected chi connectivity index (χ0v) is 17.0. The van der Waals surface area contributed by atoms with Crippen LogP contribution in [0.1, 0.15) is 28.7 Å². The van der Waals surface area contributed by atoms with E-state index in [1.165, 1.54) is 0 Å². The van der Waals surface area contributed by atoms with Gasteiger partial charge >= 0.3 is 5.97 Å². The molecule has 4 rings (SSSR count). The highest BCUT2D eigenvalue weighted by Crippen LogP contribution is 2.42. The van der Waals surface area contributed by atoms with Crippen LogP contribution in [0, 0.1) is 0 Å². The summed E-state index contributed by atoms with van der Waals surface area (Å²) >= 11 is 0. The van der Waals surface area contributed by atoms with Gasteiger partial charge < -0.3 is 19.7 Å². The molecule has 1 aliphatic rings. The van der Waals surface area contributed by atoms with Gasteiger partial charge in [-0.05, 0) is 58.2 Å². The van der Waals surface area contributed by atoms with Gasteiger partial charge in [0, 0.05) is 24.1 Å². The van der Waals surface area contributed by atoms with Crippen molar-refractivity contribution in [3.63, 3.8) is 0 Å². The van der Waals surface area contributed by atoms with Crippen molar-refractivity contribution in [3.8, 4) is 17.2 Å². The number of phenolic OH excluding ortho intramolecular Hbond substituents is 1. The number of aliphatic carboxylic acids is 1. The monoisotopic (exact) mass is 414 g/mol. The van der Waals surface area contributed by atoms with Crippen LogP contribution in [0.2, 0.25) is 0 Å². The zero-order chi connectivity index (χ0) is 21.8. The van der Waals surface area contributed by atoms with Gasteiger partial charge in [0.25, 0.3) is 0 Å². The SMILES string of the molecule is COc1ccc2c(c1)OCCC(c1ccc(O)cc1)=C2c1ccc(/C=C/C(=O)O)cc1. The summed E-state index contributed by atoms with van der Waals surface area (Å²) < 4.78 is 11.4. The van der Waals surface area contributed by atoms with E-state index in [-0.39, 0.29) is 5.75 Å². The van der Waals surface area contributed by atoms with E-state index in [1.807, 2.05) is 54.6 Å². The van der Waals surface area contributed by atoms with Crippen molar-refractivity contribution in [2.75, 3.05) is 13.7 Å². The molecule has 0 amide bonds. The molecule has 1 heterocycles. The summed E-state index contributed by atoms with van der Waals surface area (Å²) in [5, 5.41) is 18.6. The molecule has 31 heavy (non-hydrogen) atoms. The lowest BCUT2D eigenvalue weighted by atomic mass is 9.88. The standard InChI is InChI=1S/C26H22O5/c1-30-21-11-12-23-24(16-21)31-15-14-22(18-7-9-20(27)10-8-18)26(23)19-5-2-17(3-6-19)4-13-25(28)29/h2-13,16,27H,14-15H2,1H3,(H,28,29)/b13-4+. The van der Waals surface area contributed by atoms with Crippen LogP contribution < -0.4 is 9.47 Å². The number of benzene rings is 3. The van der Waals surface area contributed by atoms with Gasteiger partial charge in [-0.15, -0.1) is 0 Å². The fraction of sp³-hybridized carbons (Fsp3) is 0.115. The molecule has 0 unspecified atom stereocenters. The van der Waals surface area contributed by atoms with E-state index in [1.54, 1.807) is 25.3 Å². The van der Waals surface area contributed by atoms with Crippen LogP contribution in [0.4, 0.5) is 0 Å². The topological polar surface area (TPSA) is 76.0 Å². The number of hydrogen-bond donors (Lipinski definition) is 2. The first-order chi connectivity index (χ1) is 15.0. The minimum atomic E-state index is -0.981. The summed E-state index contributed by atoms with van der Waals surface area (Å²) in [7, 11) is 1.63. The minimum Gasteiger partial charge on any atom is -0.508 e. The summed E-state index contributed by atoms with van der Waals surface area (Å²) in [6, 6.07) is 20.7. The molecule has 0 saturated carbocycles. The van der Waals surface area contributed by atoms with Gasteiger partial charge in [-0.1, -0.05) is 36.4 Å². The van der Waals surface area contributed by atoms with Crippen molar-refractivity contribution in [2.24, 2.45) is 0 Å². The van der Waals surface area contributed by atoms with Gasteiger partial charge in [0.2, 0.25) is 0 Å². The number of methoxy groups -OCH3 is 1. The second kappa shape index (κ2) is 8.79. The Morgan fingerprint density at radius 2 is 1.71 bits per heavy atom. The molecule has 0 saturated heterocycles. The van der Waals surface area contributed by atoms with Crippen LogP contribution >= 0.6 is 0 Å². The Labute approximate surface area is 180 Å². The second-order valence-corrected chi connectivity index (χ2v) is 7.15. The van der Waals surface area contributed by atoms with Crippen molar-refractivity contribution >= 4 is 23.2 Å². The third-order valence-electron chi connectivity index (χ3n) is 5.20. The van der Waals surface area contributed by atoms with Crippen LogP contribution in [-0.2, 0) is 4.79 Å². The van der Waals surface area contributed by atoms with Crippen molar-refractivity contribution in [2.45, 2.75) is 6.42 Å². The lowest BCUT2D eigenvalue weighted by molar-refractivity contribution is -0.131. The maximum atomic E-state index is 10.8. The molecule has 0 spiro atoms. The Kier molecular flexibility index (Phi) is 5.76. The van der Waals surface area contributed by atoms with Crippen molar-refractivity contribution < 1.29 is 24.5 Å². The van der Waals surface area contributed by atoms with E-state index in [2.05, 4.69) is 0 Å². The van der Waals surface area contributed by atoms with Gasteiger partial charge in [-0.3, -0.25) is 0 Å². The number of aromatic hydroxyl groups is 1. The normalized spacial score (nSPS) is 13.5. The molecule has 0 aromatic heterocycles. The molecule has 0 bridgehead atoms. The highest BCUT2D eigenvalue weighted by atomic mass is 16.5. The molecule has 0 fully saturated rings. The van der Waals surface area contributed by atoms with Crippen LogP contribution in [0.15, 0.2) is 72.8 Å². The van der Waals surface area contributed by atoms with Gasteiger partial charge in [0.05, 0.1) is 13.7 Å². The van der Waals surface area contributed by atoms with Crippen LogP contribution in [0.25, 0.3) is 17.2 Å². The molecule has 3 aromatic rings. The van der Waals surface area contributed by atoms with E-state index in [4.69, 9.17) is 14.6 Å². The van der Waals surface area contributed by atoms with Gasteiger partial charge in [0.15, 0.2) is 0 Å². The zero-order valence-electron chi connectivity index (χ0n) is 17.0. The van der Waals surface area contributed by atoms with Crippen molar-refractivity contribution in [3.05, 3.63) is 95.1 Å². The summed E-state index contributed by atoms with van der Waals surface area (Å²) in [5.74, 6) is 0.707. The maximum absolute atomic E-state index is 10.8. The number of carboxylic acid groups (broad SMARTS) is 1. The van der Waals surface area contributed by atoms with Crippen LogP contribution in [0.5, 0.6) is 17.2 Å². The van der Waals surface area contributed by atoms with E-state index in [0.717, 1.165) is 51.0 Å². The molecular formula is C26H22O5. The number of hydrogen-bond acceptors (Lipinski definition) is 4. The van der Waals surface area contributed by atoms with E-state index >= 15 is 0 Å². The molecule has 156 valence electrons. The fourth-order valence-corrected chi connectivity index (χ4v) is 3.72. The first kappa shape index (κ1) is 20.3. The summed E-state index contributed by atoms with van der Waals surface area (Å²) in [5.41, 5.74) is 5.91. The summed E-state index contributed by atoms with van der Waals surface area (Å²) in [6.07, 6.45) is 3.38. The number of carboxylic acids is 1. The average Bonchev–Trinajstić information content (AvgIpc) is 2.97. The Morgan fingerprint density at radius 3 is 2.39 bits per heavy atom. The van der Waals surface area contributed by atoms with Crippen molar-refractivity contribution in [1.82, 2.24) is 0 Å². The van der Waals surface area contributed by atoms with E-state index in [0.29, 0.717) is 13.0 Å². The molecule has 5 nitrogen and oxygen atoms in total. The largest absolute Gasteiger partial charge is 0.508 e. The van der Waals surface area contributed by atoms with Gasteiger partial charge in [0.1, 0.15) is 17.2 Å². The molecule has 0 radical (unpaired) electrons. The molecule has 3 aromatic carbocycles. The Bertz CT molecular complexity index is 1160. The Hall–Kier alpha value is -3.99. The number of fused-ring (bicyclic) bond motifs is 1. The van der Waals surface area contributed by atoms with Crippen molar-refractivity contribution in [1.29, 1.82) is 0 Å². The molecule has 1 aliphatic heterocycles. The predicted octanol–water partition coefficient (Wildman–Crippen LogP) is 5.24. The third-order valence-corrected chi connectivity index (χ3v) is 5.20. The average molecular weight is 414 g/mol. The highest BCUT2D eigenvalue weighted by Gasteiger charge is 2.21. The first-order valence-electron chi connectivity index (χ1n) is 9.90. The molecule has 0 atom stereocenters. The quantitative estimate of drug-likeness (QED) is 0.559. The highest BCUT2D eigenvalue weighted by molar-refractivity contribution is 6.00. The number of ether oxygens (including phenoxy) is 2. The minimum absolute atomic E-state index is 0.218. The maximum Gasteiger partial charge on any atom is 0.328 e. The Morgan fingerprint density at radius 1 is 1.00 bits per heavy atom. The predicted molar refractivity (Wildman–Crippen MR) is 120 cm³/mol. The molecule has 5 heteroatoms. The lowest BCUT2D eigenvalue weighted by Gasteiger charge is -2.16. The van der Waals surface area contributed by atoms with Gasteiger partial charge in [-0.25, -0.2) is 4.79 Å². The summed E-state index contributed by atoms with van der Waals surface area (Å²) in [4.78, 5) is 10.8. The Balaban J connectivity index is 1.89. The second-order valence-electron chi connectivity index (χ2n) is 7.15. The number of carbonyl (C=O) groups is 1. The van der Waals surface area contributed by atoms with Crippen LogP contribution in [0.3, 0.4) is 0 Å². The van der Waals surface area contributed by atoms with Gasteiger partial charge in [-0.2, -0.15) is 0 Å². The molecular weight excluding hydrogens is 392 g/mol. The summed E-state index contributed by atoms with van der Waals surface area (Å²) in [6.45, 7) is 0.513. The molecule has 2 N–H and O–H groups in total.